The number of hydrogen-bond donors (Lipinski definition) is 1. The third-order valence-corrected chi connectivity index (χ3v) is 8.32. The highest BCUT2D eigenvalue weighted by Crippen LogP contribution is 2.32. The zero-order chi connectivity index (χ0) is 28.4. The van der Waals surface area contributed by atoms with Crippen LogP contribution in [0.1, 0.15) is 39.2 Å². The minimum atomic E-state index is -4.16. The van der Waals surface area contributed by atoms with Gasteiger partial charge in [0.2, 0.25) is 11.8 Å². The van der Waals surface area contributed by atoms with Crippen LogP contribution in [0.5, 0.6) is 5.75 Å². The molecule has 0 bridgehead atoms. The number of carbonyl (C=O) groups is 2. The molecular weight excluding hydrogens is 514 g/mol. The summed E-state index contributed by atoms with van der Waals surface area (Å²) in [5, 5.41) is 2.98. The molecule has 208 valence electrons. The Bertz CT molecular complexity index is 1330. The van der Waals surface area contributed by atoms with Gasteiger partial charge in [-0.15, -0.1) is 0 Å². The SMILES string of the molecule is CC[C@@H](C)NC(=O)[C@H](CC)N(Cc1ccccc1)C(=O)CN(c1ccccc1OC)S(=O)(=O)c1ccccc1. The summed E-state index contributed by atoms with van der Waals surface area (Å²) in [5.74, 6) is -0.470. The minimum Gasteiger partial charge on any atom is -0.495 e. The van der Waals surface area contributed by atoms with Gasteiger partial charge in [-0.05, 0) is 49.6 Å². The lowest BCUT2D eigenvalue weighted by molar-refractivity contribution is -0.140. The predicted molar refractivity (Wildman–Crippen MR) is 153 cm³/mol. The normalized spacial score (nSPS) is 12.7. The summed E-state index contributed by atoms with van der Waals surface area (Å²) in [6.45, 7) is 5.35. The number of rotatable bonds is 13. The second kappa shape index (κ2) is 13.8. The molecule has 8 nitrogen and oxygen atoms in total. The molecule has 9 heteroatoms. The number of nitrogens with zero attached hydrogens (tertiary/aromatic N) is 2. The molecule has 39 heavy (non-hydrogen) atoms. The van der Waals surface area contributed by atoms with E-state index >= 15 is 0 Å². The molecule has 0 saturated heterocycles. The number of methoxy groups -OCH3 is 1. The van der Waals surface area contributed by atoms with Gasteiger partial charge in [0.25, 0.3) is 10.0 Å². The Balaban J connectivity index is 2.07. The van der Waals surface area contributed by atoms with Crippen LogP contribution in [0.25, 0.3) is 0 Å². The molecule has 1 N–H and O–H groups in total. The van der Waals surface area contributed by atoms with Crippen LogP contribution in [0.15, 0.2) is 89.8 Å². The van der Waals surface area contributed by atoms with Crippen molar-refractivity contribution in [2.75, 3.05) is 18.0 Å². The molecule has 2 atom stereocenters. The van der Waals surface area contributed by atoms with E-state index in [4.69, 9.17) is 4.74 Å². The van der Waals surface area contributed by atoms with Gasteiger partial charge in [0, 0.05) is 12.6 Å². The van der Waals surface area contributed by atoms with Gasteiger partial charge in [-0.1, -0.05) is 74.5 Å². The Labute approximate surface area is 231 Å². The van der Waals surface area contributed by atoms with Crippen molar-refractivity contribution in [2.45, 2.75) is 57.1 Å². The Kier molecular flexibility index (Phi) is 10.5. The molecule has 3 aromatic carbocycles. The van der Waals surface area contributed by atoms with E-state index in [0.717, 1.165) is 16.3 Å². The van der Waals surface area contributed by atoms with Crippen molar-refractivity contribution >= 4 is 27.5 Å². The maximum Gasteiger partial charge on any atom is 0.264 e. The average molecular weight is 552 g/mol. The van der Waals surface area contributed by atoms with Gasteiger partial charge in [-0.25, -0.2) is 8.42 Å². The number of amides is 2. The Hall–Kier alpha value is -3.85. The van der Waals surface area contributed by atoms with Crippen LogP contribution in [0.4, 0.5) is 5.69 Å². The van der Waals surface area contributed by atoms with Gasteiger partial charge in [0.15, 0.2) is 0 Å². The molecule has 0 aromatic heterocycles. The molecule has 0 aliphatic heterocycles. The molecule has 0 aliphatic carbocycles. The first-order valence-corrected chi connectivity index (χ1v) is 14.5. The summed E-state index contributed by atoms with van der Waals surface area (Å²) >= 11 is 0. The van der Waals surface area contributed by atoms with Crippen molar-refractivity contribution in [3.63, 3.8) is 0 Å². The standard InChI is InChI=1S/C30H37N3O5S/c1-5-23(3)31-30(35)26(6-2)32(21-24-15-9-7-10-16-24)29(34)22-33(27-19-13-14-20-28(27)38-4)39(36,37)25-17-11-8-12-18-25/h7-20,23,26H,5-6,21-22H2,1-4H3,(H,31,35)/t23-,26+/m1/s1. The van der Waals surface area contributed by atoms with Crippen LogP contribution in [-0.4, -0.2) is 50.9 Å². The van der Waals surface area contributed by atoms with E-state index in [9.17, 15) is 18.0 Å². The van der Waals surface area contributed by atoms with Crippen molar-refractivity contribution in [3.05, 3.63) is 90.5 Å². The van der Waals surface area contributed by atoms with Crippen LogP contribution in [0.2, 0.25) is 0 Å². The van der Waals surface area contributed by atoms with Crippen LogP contribution in [0.3, 0.4) is 0 Å². The summed E-state index contributed by atoms with van der Waals surface area (Å²) in [6.07, 6.45) is 1.10. The van der Waals surface area contributed by atoms with Crippen molar-refractivity contribution in [3.8, 4) is 5.75 Å². The first-order chi connectivity index (χ1) is 18.7. The maximum absolute atomic E-state index is 14.1. The van der Waals surface area contributed by atoms with E-state index in [1.807, 2.05) is 51.1 Å². The fourth-order valence-electron chi connectivity index (χ4n) is 4.21. The van der Waals surface area contributed by atoms with Crippen LogP contribution >= 0.6 is 0 Å². The van der Waals surface area contributed by atoms with E-state index < -0.39 is 28.5 Å². The molecule has 0 unspecified atom stereocenters. The lowest BCUT2D eigenvalue weighted by Crippen LogP contribution is -2.53. The summed E-state index contributed by atoms with van der Waals surface area (Å²) < 4.78 is 34.3. The van der Waals surface area contributed by atoms with E-state index in [1.54, 1.807) is 42.5 Å². The number of anilines is 1. The van der Waals surface area contributed by atoms with Gasteiger partial charge in [0.05, 0.1) is 17.7 Å². The zero-order valence-electron chi connectivity index (χ0n) is 22.9. The maximum atomic E-state index is 14.1. The average Bonchev–Trinajstić information content (AvgIpc) is 2.96. The second-order valence-electron chi connectivity index (χ2n) is 9.25. The highest BCUT2D eigenvalue weighted by Gasteiger charge is 2.34. The number of carbonyl (C=O) groups excluding carboxylic acids is 2. The number of nitrogens with one attached hydrogen (secondary N) is 1. The highest BCUT2D eigenvalue weighted by molar-refractivity contribution is 7.92. The van der Waals surface area contributed by atoms with E-state index in [0.29, 0.717) is 12.2 Å². The topological polar surface area (TPSA) is 96.0 Å². The quantitative estimate of drug-likeness (QED) is 0.335. The largest absolute Gasteiger partial charge is 0.495 e. The second-order valence-corrected chi connectivity index (χ2v) is 11.1. The molecule has 0 saturated carbocycles. The van der Waals surface area contributed by atoms with Crippen LogP contribution in [0, 0.1) is 0 Å². The molecule has 2 amide bonds. The summed E-state index contributed by atoms with van der Waals surface area (Å²) in [6, 6.07) is 23.1. The summed E-state index contributed by atoms with van der Waals surface area (Å²) in [4.78, 5) is 28.9. The molecule has 0 fully saturated rings. The third kappa shape index (κ3) is 7.38. The van der Waals surface area contributed by atoms with Gasteiger partial charge in [0.1, 0.15) is 18.3 Å². The van der Waals surface area contributed by atoms with Gasteiger partial charge >= 0.3 is 0 Å². The number of benzene rings is 3. The van der Waals surface area contributed by atoms with Crippen molar-refractivity contribution in [1.82, 2.24) is 10.2 Å². The molecular formula is C30H37N3O5S. The smallest absolute Gasteiger partial charge is 0.264 e. The van der Waals surface area contributed by atoms with Gasteiger partial charge in [-0.3, -0.25) is 13.9 Å². The van der Waals surface area contributed by atoms with E-state index in [-0.39, 0.29) is 29.1 Å². The molecule has 3 rings (SSSR count). The number of para-hydroxylation sites is 2. The molecule has 3 aromatic rings. The highest BCUT2D eigenvalue weighted by atomic mass is 32.2. The summed E-state index contributed by atoms with van der Waals surface area (Å²) in [7, 11) is -2.71. The van der Waals surface area contributed by atoms with Gasteiger partial charge in [-0.2, -0.15) is 0 Å². The number of ether oxygens (including phenoxy) is 1. The number of hydrogen-bond acceptors (Lipinski definition) is 5. The third-order valence-electron chi connectivity index (χ3n) is 6.55. The minimum absolute atomic E-state index is 0.0415. The monoisotopic (exact) mass is 551 g/mol. The van der Waals surface area contributed by atoms with Crippen LogP contribution in [-0.2, 0) is 26.2 Å². The van der Waals surface area contributed by atoms with Crippen molar-refractivity contribution < 1.29 is 22.7 Å². The number of sulfonamides is 1. The Morgan fingerprint density at radius 1 is 0.872 bits per heavy atom. The van der Waals surface area contributed by atoms with Crippen molar-refractivity contribution in [1.29, 1.82) is 0 Å². The fraction of sp³-hybridized carbons (Fsp3) is 0.333. The Morgan fingerprint density at radius 2 is 1.46 bits per heavy atom. The Morgan fingerprint density at radius 3 is 2.05 bits per heavy atom. The van der Waals surface area contributed by atoms with E-state index in [2.05, 4.69) is 5.32 Å². The molecule has 0 spiro atoms. The first-order valence-electron chi connectivity index (χ1n) is 13.1. The summed E-state index contributed by atoms with van der Waals surface area (Å²) in [5.41, 5.74) is 1.06. The molecule has 0 radical (unpaired) electrons. The lowest BCUT2D eigenvalue weighted by Gasteiger charge is -2.34. The van der Waals surface area contributed by atoms with Gasteiger partial charge < -0.3 is 15.0 Å². The van der Waals surface area contributed by atoms with Crippen molar-refractivity contribution in [2.24, 2.45) is 0 Å². The fourth-order valence-corrected chi connectivity index (χ4v) is 5.66. The van der Waals surface area contributed by atoms with Crippen LogP contribution < -0.4 is 14.4 Å². The van der Waals surface area contributed by atoms with E-state index in [1.165, 1.54) is 24.1 Å². The lowest BCUT2D eigenvalue weighted by atomic mass is 10.1. The molecule has 0 aliphatic rings. The predicted octanol–water partition coefficient (Wildman–Crippen LogP) is 4.61. The molecule has 0 heterocycles. The first kappa shape index (κ1) is 29.7. The zero-order valence-corrected chi connectivity index (χ0v) is 23.7.